The number of carbonyl (C=O) groups is 3. The molecule has 1 saturated heterocycles. The van der Waals surface area contributed by atoms with Crippen LogP contribution in [0.2, 0.25) is 0 Å². The molecule has 1 aromatic carbocycles. The van der Waals surface area contributed by atoms with Gasteiger partial charge in [-0.05, 0) is 56.5 Å². The molecule has 3 heterocycles. The molecule has 2 aromatic rings. The maximum absolute atomic E-state index is 13.1. The van der Waals surface area contributed by atoms with Gasteiger partial charge in [-0.2, -0.15) is 0 Å². The number of amides is 3. The van der Waals surface area contributed by atoms with Crippen molar-refractivity contribution in [3.63, 3.8) is 0 Å². The molecule has 9 nitrogen and oxygen atoms in total. The number of nitrogens with one attached hydrogen (secondary N) is 2. The number of carboxylic acid groups (broad SMARTS) is 1. The maximum atomic E-state index is 13.1. The molecule has 2 bridgehead atoms. The molecule has 1 aromatic heterocycles. The van der Waals surface area contributed by atoms with Crippen LogP contribution in [0.25, 0.3) is 0 Å². The average molecular weight is 438 g/mol. The molecule has 4 rings (SSSR count). The molecule has 2 unspecified atom stereocenters. The fourth-order valence-corrected chi connectivity index (χ4v) is 4.60. The number of carbonyl (C=O) groups excluding carboxylic acids is 2. The third kappa shape index (κ3) is 4.23. The van der Waals surface area contributed by atoms with Gasteiger partial charge in [-0.1, -0.05) is 6.07 Å². The second-order valence-corrected chi connectivity index (χ2v) is 8.74. The maximum Gasteiger partial charge on any atom is 0.335 e. The van der Waals surface area contributed by atoms with E-state index in [1.165, 1.54) is 12.1 Å². The summed E-state index contributed by atoms with van der Waals surface area (Å²) < 4.78 is 1.71. The number of hydrogen-bond acceptors (Lipinski definition) is 4. The van der Waals surface area contributed by atoms with Gasteiger partial charge in [0.1, 0.15) is 5.69 Å². The first kappa shape index (κ1) is 21.6. The van der Waals surface area contributed by atoms with Crippen molar-refractivity contribution in [1.29, 1.82) is 0 Å². The summed E-state index contributed by atoms with van der Waals surface area (Å²) in [6, 6.07) is 9.03. The van der Waals surface area contributed by atoms with Crippen LogP contribution in [0.15, 0.2) is 41.2 Å². The van der Waals surface area contributed by atoms with E-state index in [0.717, 1.165) is 12.1 Å². The Morgan fingerprint density at radius 2 is 1.81 bits per heavy atom. The van der Waals surface area contributed by atoms with Crippen molar-refractivity contribution in [2.24, 2.45) is 5.92 Å². The van der Waals surface area contributed by atoms with E-state index in [1.54, 1.807) is 27.7 Å². The third-order valence-electron chi connectivity index (χ3n) is 5.92. The number of likely N-dealkylation sites (tertiary alicyclic amines) is 1. The van der Waals surface area contributed by atoms with Crippen LogP contribution in [-0.2, 0) is 6.54 Å². The average Bonchev–Trinajstić information content (AvgIpc) is 2.75. The lowest BCUT2D eigenvalue weighted by Crippen LogP contribution is -2.49. The van der Waals surface area contributed by atoms with Gasteiger partial charge in [0.05, 0.1) is 5.56 Å². The lowest BCUT2D eigenvalue weighted by molar-refractivity contribution is 0.0594. The number of anilines is 1. The Kier molecular flexibility index (Phi) is 5.73. The van der Waals surface area contributed by atoms with Gasteiger partial charge in [-0.3, -0.25) is 9.59 Å². The minimum atomic E-state index is -1.07. The second kappa shape index (κ2) is 8.49. The lowest BCUT2D eigenvalue weighted by atomic mass is 9.83. The van der Waals surface area contributed by atoms with Crippen molar-refractivity contribution in [3.05, 3.63) is 63.6 Å². The quantitative estimate of drug-likeness (QED) is 0.677. The summed E-state index contributed by atoms with van der Waals surface area (Å²) in [4.78, 5) is 51.0. The highest BCUT2D eigenvalue weighted by molar-refractivity contribution is 5.97. The van der Waals surface area contributed by atoms with Gasteiger partial charge in [0.15, 0.2) is 0 Å². The van der Waals surface area contributed by atoms with Crippen molar-refractivity contribution in [1.82, 2.24) is 14.8 Å². The summed E-state index contributed by atoms with van der Waals surface area (Å²) in [5, 5.41) is 14.5. The summed E-state index contributed by atoms with van der Waals surface area (Å²) >= 11 is 0. The summed E-state index contributed by atoms with van der Waals surface area (Å²) in [7, 11) is 0. The fraction of sp³-hybridized carbons (Fsp3) is 0.391. The van der Waals surface area contributed by atoms with E-state index >= 15 is 0 Å². The lowest BCUT2D eigenvalue weighted by Gasteiger charge is -2.43. The number of aromatic carboxylic acids is 1. The molecule has 32 heavy (non-hydrogen) atoms. The Morgan fingerprint density at radius 3 is 2.53 bits per heavy atom. The van der Waals surface area contributed by atoms with E-state index in [-0.39, 0.29) is 40.6 Å². The number of aromatic nitrogens is 1. The third-order valence-corrected chi connectivity index (χ3v) is 5.92. The molecular formula is C23H26N4O5. The predicted octanol–water partition coefficient (Wildman–Crippen LogP) is 2.34. The minimum Gasteiger partial charge on any atom is -0.478 e. The molecule has 168 valence electrons. The van der Waals surface area contributed by atoms with E-state index in [2.05, 4.69) is 10.6 Å². The zero-order chi connectivity index (χ0) is 23.0. The largest absolute Gasteiger partial charge is 0.478 e. The monoisotopic (exact) mass is 438 g/mol. The van der Waals surface area contributed by atoms with E-state index in [9.17, 15) is 24.3 Å². The van der Waals surface area contributed by atoms with Gasteiger partial charge >= 0.3 is 12.0 Å². The Morgan fingerprint density at radius 1 is 1.06 bits per heavy atom. The molecule has 0 spiro atoms. The number of urea groups is 1. The number of nitrogens with zero attached hydrogens (tertiary/aromatic N) is 2. The molecule has 0 aliphatic carbocycles. The molecule has 1 fully saturated rings. The van der Waals surface area contributed by atoms with Crippen molar-refractivity contribution < 1.29 is 19.5 Å². The zero-order valence-corrected chi connectivity index (χ0v) is 18.0. The summed E-state index contributed by atoms with van der Waals surface area (Å²) in [6.45, 7) is 5.08. The molecule has 3 amide bonds. The Hall–Kier alpha value is -3.62. The van der Waals surface area contributed by atoms with Crippen LogP contribution >= 0.6 is 0 Å². The van der Waals surface area contributed by atoms with E-state index in [1.807, 2.05) is 19.9 Å². The van der Waals surface area contributed by atoms with Crippen LogP contribution in [0.3, 0.4) is 0 Å². The van der Waals surface area contributed by atoms with Gasteiger partial charge in [0.2, 0.25) is 0 Å². The number of rotatable bonds is 4. The van der Waals surface area contributed by atoms with Gasteiger partial charge in [-0.15, -0.1) is 0 Å². The fourth-order valence-electron chi connectivity index (χ4n) is 4.60. The topological polar surface area (TPSA) is 121 Å². The number of carboxylic acids is 1. The molecule has 0 radical (unpaired) electrons. The highest BCUT2D eigenvalue weighted by atomic mass is 16.4. The standard InChI is InChI=1S/C23H26N4O5/c1-13(2)24-23(32)25-18-6-7-19-17-8-14(11-27(19)21(18)29)10-26(12-17)20(28)15-4-3-5-16(9-15)22(30)31/h3-7,9,13-14,17H,8,10-12H2,1-2H3,(H,30,31)(H2,24,25,32). The van der Waals surface area contributed by atoms with Crippen molar-refractivity contribution in [2.45, 2.75) is 38.8 Å². The summed E-state index contributed by atoms with van der Waals surface area (Å²) in [6.07, 6.45) is 0.874. The Bertz CT molecular complexity index is 1140. The van der Waals surface area contributed by atoms with Gasteiger partial charge in [-0.25, -0.2) is 9.59 Å². The SMILES string of the molecule is CC(C)NC(=O)Nc1ccc2n(c1=O)CC1CC2CN(C(=O)c2cccc(C(=O)O)c2)C1. The van der Waals surface area contributed by atoms with E-state index < -0.39 is 12.0 Å². The van der Waals surface area contributed by atoms with Crippen LogP contribution < -0.4 is 16.2 Å². The number of pyridine rings is 1. The van der Waals surface area contributed by atoms with E-state index in [0.29, 0.717) is 25.2 Å². The van der Waals surface area contributed by atoms with Crippen molar-refractivity contribution in [2.75, 3.05) is 18.4 Å². The first-order valence-corrected chi connectivity index (χ1v) is 10.7. The second-order valence-electron chi connectivity index (χ2n) is 8.74. The molecule has 2 aliphatic rings. The van der Waals surface area contributed by atoms with Gasteiger partial charge < -0.3 is 25.2 Å². The minimum absolute atomic E-state index is 0.000321. The smallest absolute Gasteiger partial charge is 0.335 e. The summed E-state index contributed by atoms with van der Waals surface area (Å²) in [5.74, 6) is -1.18. The van der Waals surface area contributed by atoms with Crippen molar-refractivity contribution >= 4 is 23.6 Å². The van der Waals surface area contributed by atoms with Crippen LogP contribution in [0.4, 0.5) is 10.5 Å². The van der Waals surface area contributed by atoms with Crippen LogP contribution in [-0.4, -0.2) is 51.6 Å². The molecular weight excluding hydrogens is 412 g/mol. The Balaban J connectivity index is 1.55. The molecule has 0 saturated carbocycles. The molecule has 9 heteroatoms. The first-order valence-electron chi connectivity index (χ1n) is 10.7. The van der Waals surface area contributed by atoms with E-state index in [4.69, 9.17) is 0 Å². The zero-order valence-electron chi connectivity index (χ0n) is 18.0. The molecule has 2 aliphatic heterocycles. The molecule has 2 atom stereocenters. The first-order chi connectivity index (χ1) is 15.2. The van der Waals surface area contributed by atoms with Gasteiger partial charge in [0, 0.05) is 42.9 Å². The number of fused-ring (bicyclic) bond motifs is 4. The highest BCUT2D eigenvalue weighted by Gasteiger charge is 2.37. The van der Waals surface area contributed by atoms with Gasteiger partial charge in [0.25, 0.3) is 11.5 Å². The normalized spacial score (nSPS) is 19.3. The van der Waals surface area contributed by atoms with Crippen molar-refractivity contribution in [3.8, 4) is 0 Å². The number of benzene rings is 1. The number of piperidine rings is 1. The van der Waals surface area contributed by atoms with Crippen LogP contribution in [0.5, 0.6) is 0 Å². The Labute approximate surface area is 185 Å². The van der Waals surface area contributed by atoms with Crippen LogP contribution in [0.1, 0.15) is 52.6 Å². The van der Waals surface area contributed by atoms with Crippen LogP contribution in [0, 0.1) is 5.92 Å². The highest BCUT2D eigenvalue weighted by Crippen LogP contribution is 2.36. The predicted molar refractivity (Wildman–Crippen MR) is 118 cm³/mol. The molecule has 3 N–H and O–H groups in total. The number of hydrogen-bond donors (Lipinski definition) is 3. The summed E-state index contributed by atoms with van der Waals surface area (Å²) in [5.41, 5.74) is 1.25.